The van der Waals surface area contributed by atoms with Gasteiger partial charge in [-0.25, -0.2) is 8.42 Å². The van der Waals surface area contributed by atoms with Crippen LogP contribution in [0.15, 0.2) is 29.2 Å². The van der Waals surface area contributed by atoms with Crippen LogP contribution in [0.2, 0.25) is 0 Å². The van der Waals surface area contributed by atoms with Crippen LogP contribution in [0.25, 0.3) is 0 Å². The van der Waals surface area contributed by atoms with Crippen molar-refractivity contribution < 1.29 is 8.42 Å². The Morgan fingerprint density at radius 1 is 1.33 bits per heavy atom. The van der Waals surface area contributed by atoms with E-state index >= 15 is 0 Å². The van der Waals surface area contributed by atoms with Gasteiger partial charge in [-0.05, 0) is 25.0 Å². The summed E-state index contributed by atoms with van der Waals surface area (Å²) in [6.45, 7) is 5.95. The molecule has 0 aromatic heterocycles. The van der Waals surface area contributed by atoms with Crippen molar-refractivity contribution in [1.29, 1.82) is 0 Å². The predicted molar refractivity (Wildman–Crippen MR) is 72.0 cm³/mol. The number of nitrogens with zero attached hydrogens (tertiary/aromatic N) is 1. The third kappa shape index (κ3) is 2.43. The molecule has 1 N–H and O–H groups in total. The van der Waals surface area contributed by atoms with Gasteiger partial charge in [-0.1, -0.05) is 25.1 Å². The molecule has 100 valence electrons. The maximum absolute atomic E-state index is 12.7. The summed E-state index contributed by atoms with van der Waals surface area (Å²) in [5.74, 6) is 0. The number of benzene rings is 1. The molecule has 1 fully saturated rings. The highest BCUT2D eigenvalue weighted by Crippen LogP contribution is 2.23. The van der Waals surface area contributed by atoms with Crippen molar-refractivity contribution in [2.75, 3.05) is 19.6 Å². The summed E-state index contributed by atoms with van der Waals surface area (Å²) < 4.78 is 27.0. The molecule has 4 nitrogen and oxygen atoms in total. The second-order valence-corrected chi connectivity index (χ2v) is 6.55. The number of rotatable bonds is 5. The smallest absolute Gasteiger partial charge is 0.243 e. The molecule has 0 bridgehead atoms. The van der Waals surface area contributed by atoms with Gasteiger partial charge in [0.25, 0.3) is 0 Å². The Labute approximate surface area is 109 Å². The summed E-state index contributed by atoms with van der Waals surface area (Å²) in [7, 11) is -3.36. The van der Waals surface area contributed by atoms with E-state index in [-0.39, 0.29) is 6.04 Å². The molecule has 0 aliphatic carbocycles. The van der Waals surface area contributed by atoms with Gasteiger partial charge in [0.15, 0.2) is 0 Å². The van der Waals surface area contributed by atoms with Crippen molar-refractivity contribution in [1.82, 2.24) is 9.62 Å². The number of hydrogen-bond acceptors (Lipinski definition) is 3. The summed E-state index contributed by atoms with van der Waals surface area (Å²) in [5, 5.41) is 3.13. The average Bonchev–Trinajstić information content (AvgIpc) is 2.26. The summed E-state index contributed by atoms with van der Waals surface area (Å²) in [6, 6.07) is 7.29. The Bertz CT molecular complexity index is 509. The molecule has 1 saturated heterocycles. The summed E-state index contributed by atoms with van der Waals surface area (Å²) >= 11 is 0. The van der Waals surface area contributed by atoms with Gasteiger partial charge in [-0.2, -0.15) is 4.31 Å². The average molecular weight is 268 g/mol. The quantitative estimate of drug-likeness (QED) is 0.877. The van der Waals surface area contributed by atoms with Gasteiger partial charge in [0, 0.05) is 19.6 Å². The lowest BCUT2D eigenvalue weighted by molar-refractivity contribution is 0.242. The zero-order valence-electron chi connectivity index (χ0n) is 10.9. The van der Waals surface area contributed by atoms with E-state index in [2.05, 4.69) is 5.32 Å². The lowest BCUT2D eigenvalue weighted by atomic mass is 10.2. The predicted octanol–water partition coefficient (Wildman–Crippen LogP) is 1.37. The van der Waals surface area contributed by atoms with E-state index < -0.39 is 10.0 Å². The summed E-state index contributed by atoms with van der Waals surface area (Å²) in [5.41, 5.74) is 0.811. The van der Waals surface area contributed by atoms with Crippen LogP contribution in [0.4, 0.5) is 0 Å². The molecule has 0 amide bonds. The van der Waals surface area contributed by atoms with Crippen LogP contribution in [0.3, 0.4) is 0 Å². The molecule has 0 unspecified atom stereocenters. The molecule has 1 aliphatic rings. The van der Waals surface area contributed by atoms with Crippen molar-refractivity contribution in [2.45, 2.75) is 31.2 Å². The highest BCUT2D eigenvalue weighted by Gasteiger charge is 2.34. The molecule has 18 heavy (non-hydrogen) atoms. The van der Waals surface area contributed by atoms with Gasteiger partial charge in [-0.15, -0.1) is 0 Å². The molecule has 1 heterocycles. The van der Waals surface area contributed by atoms with E-state index in [9.17, 15) is 8.42 Å². The zero-order valence-corrected chi connectivity index (χ0v) is 11.7. The molecule has 5 heteroatoms. The highest BCUT2D eigenvalue weighted by atomic mass is 32.2. The fourth-order valence-electron chi connectivity index (χ4n) is 2.17. The molecular formula is C13H20N2O2S. The maximum Gasteiger partial charge on any atom is 0.243 e. The van der Waals surface area contributed by atoms with Crippen molar-refractivity contribution in [2.24, 2.45) is 0 Å². The van der Waals surface area contributed by atoms with E-state index in [0.717, 1.165) is 25.1 Å². The molecule has 1 aromatic rings. The standard InChI is InChI=1S/C13H20N2O2S/c1-3-8-15(12-9-14-10-12)18(16,17)13-7-5-4-6-11(13)2/h4-7,12,14H,3,8-10H2,1-2H3. The minimum Gasteiger partial charge on any atom is -0.313 e. The Morgan fingerprint density at radius 2 is 2.00 bits per heavy atom. The molecule has 1 aliphatic heterocycles. The first-order valence-electron chi connectivity index (χ1n) is 6.35. The zero-order chi connectivity index (χ0) is 13.2. The van der Waals surface area contributed by atoms with E-state index in [1.807, 2.05) is 26.0 Å². The van der Waals surface area contributed by atoms with E-state index in [1.165, 1.54) is 0 Å². The number of hydrogen-bond donors (Lipinski definition) is 1. The molecule has 2 rings (SSSR count). The Balaban J connectivity index is 2.36. The van der Waals surface area contributed by atoms with Gasteiger partial charge >= 0.3 is 0 Å². The molecule has 1 aromatic carbocycles. The second kappa shape index (κ2) is 5.38. The Hall–Kier alpha value is -0.910. The van der Waals surface area contributed by atoms with Crippen molar-refractivity contribution in [3.63, 3.8) is 0 Å². The van der Waals surface area contributed by atoms with E-state index in [1.54, 1.807) is 16.4 Å². The van der Waals surface area contributed by atoms with Crippen molar-refractivity contribution in [3.05, 3.63) is 29.8 Å². The van der Waals surface area contributed by atoms with Crippen LogP contribution < -0.4 is 5.32 Å². The molecule has 0 radical (unpaired) electrons. The number of nitrogens with one attached hydrogen (secondary N) is 1. The topological polar surface area (TPSA) is 49.4 Å². The van der Waals surface area contributed by atoms with Gasteiger partial charge in [-0.3, -0.25) is 0 Å². The van der Waals surface area contributed by atoms with Crippen LogP contribution in [-0.2, 0) is 10.0 Å². The van der Waals surface area contributed by atoms with Crippen molar-refractivity contribution in [3.8, 4) is 0 Å². The third-order valence-electron chi connectivity index (χ3n) is 3.29. The highest BCUT2D eigenvalue weighted by molar-refractivity contribution is 7.89. The van der Waals surface area contributed by atoms with Gasteiger partial charge in [0.05, 0.1) is 10.9 Å². The Morgan fingerprint density at radius 3 is 2.50 bits per heavy atom. The van der Waals surface area contributed by atoms with E-state index in [0.29, 0.717) is 11.4 Å². The number of sulfonamides is 1. The van der Waals surface area contributed by atoms with Gasteiger partial charge in [0.1, 0.15) is 0 Å². The third-order valence-corrected chi connectivity index (χ3v) is 5.40. The largest absolute Gasteiger partial charge is 0.313 e. The second-order valence-electron chi connectivity index (χ2n) is 4.69. The monoisotopic (exact) mass is 268 g/mol. The van der Waals surface area contributed by atoms with Crippen LogP contribution in [0.1, 0.15) is 18.9 Å². The van der Waals surface area contributed by atoms with E-state index in [4.69, 9.17) is 0 Å². The molecule has 0 saturated carbocycles. The lowest BCUT2D eigenvalue weighted by Crippen LogP contribution is -2.58. The van der Waals surface area contributed by atoms with Crippen LogP contribution >= 0.6 is 0 Å². The fourth-order valence-corrected chi connectivity index (χ4v) is 4.11. The normalized spacial score (nSPS) is 16.8. The van der Waals surface area contributed by atoms with Crippen LogP contribution in [0.5, 0.6) is 0 Å². The molecule has 0 spiro atoms. The van der Waals surface area contributed by atoms with Crippen LogP contribution in [0, 0.1) is 6.92 Å². The first-order valence-corrected chi connectivity index (χ1v) is 7.79. The van der Waals surface area contributed by atoms with Gasteiger partial charge < -0.3 is 5.32 Å². The first-order chi connectivity index (χ1) is 8.57. The van der Waals surface area contributed by atoms with Crippen LogP contribution in [-0.4, -0.2) is 38.4 Å². The minimum atomic E-state index is -3.36. The SMILES string of the molecule is CCCN(C1CNC1)S(=O)(=O)c1ccccc1C. The lowest BCUT2D eigenvalue weighted by Gasteiger charge is -2.37. The minimum absolute atomic E-state index is 0.106. The summed E-state index contributed by atoms with van der Waals surface area (Å²) in [4.78, 5) is 0.436. The Kier molecular flexibility index (Phi) is 4.04. The van der Waals surface area contributed by atoms with Crippen molar-refractivity contribution >= 4 is 10.0 Å². The molecular weight excluding hydrogens is 248 g/mol. The maximum atomic E-state index is 12.7. The summed E-state index contributed by atoms with van der Waals surface area (Å²) in [6.07, 6.45) is 0.835. The molecule has 0 atom stereocenters. The first kappa shape index (κ1) is 13.5. The number of aryl methyl sites for hydroxylation is 1. The fraction of sp³-hybridized carbons (Fsp3) is 0.538. The van der Waals surface area contributed by atoms with Gasteiger partial charge in [0.2, 0.25) is 10.0 Å².